The molecule has 1 atom stereocenters. The molecule has 5 heteroatoms. The van der Waals surface area contributed by atoms with E-state index < -0.39 is 0 Å². The summed E-state index contributed by atoms with van der Waals surface area (Å²) in [4.78, 5) is 4.05. The monoisotopic (exact) mass is 290 g/mol. The second-order valence-corrected chi connectivity index (χ2v) is 4.49. The first-order chi connectivity index (χ1) is 10.2. The Morgan fingerprint density at radius 3 is 2.57 bits per heavy atom. The van der Waals surface area contributed by atoms with Gasteiger partial charge in [0.05, 0.1) is 26.5 Å². The van der Waals surface area contributed by atoms with E-state index in [2.05, 4.69) is 10.3 Å². The van der Waals surface area contributed by atoms with Crippen molar-refractivity contribution in [2.45, 2.75) is 13.0 Å². The smallest absolute Gasteiger partial charge is 0.142 e. The van der Waals surface area contributed by atoms with Crippen LogP contribution >= 0.6 is 0 Å². The highest BCUT2D eigenvalue weighted by Gasteiger charge is 2.21. The van der Waals surface area contributed by atoms with Gasteiger partial charge < -0.3 is 14.8 Å². The van der Waals surface area contributed by atoms with E-state index >= 15 is 0 Å². The van der Waals surface area contributed by atoms with Gasteiger partial charge in [-0.2, -0.15) is 0 Å². The van der Waals surface area contributed by atoms with Gasteiger partial charge in [-0.15, -0.1) is 0 Å². The lowest BCUT2D eigenvalue weighted by Crippen LogP contribution is -2.23. The Balaban J connectivity index is 2.55. The molecule has 112 valence electrons. The molecule has 0 aliphatic heterocycles. The number of nitrogens with zero attached hydrogens (tertiary/aromatic N) is 1. The molecule has 1 unspecified atom stereocenters. The van der Waals surface area contributed by atoms with Crippen molar-refractivity contribution in [3.63, 3.8) is 0 Å². The van der Waals surface area contributed by atoms with Crippen LogP contribution in [0.4, 0.5) is 4.39 Å². The van der Waals surface area contributed by atoms with Gasteiger partial charge in [-0.3, -0.25) is 4.98 Å². The van der Waals surface area contributed by atoms with E-state index in [1.165, 1.54) is 12.1 Å². The van der Waals surface area contributed by atoms with Crippen LogP contribution in [0.1, 0.15) is 24.1 Å². The molecule has 0 saturated carbocycles. The molecule has 1 aromatic carbocycles. The molecule has 1 aromatic heterocycles. The van der Waals surface area contributed by atoms with Crippen molar-refractivity contribution < 1.29 is 13.9 Å². The van der Waals surface area contributed by atoms with Crippen LogP contribution in [0.5, 0.6) is 11.5 Å². The van der Waals surface area contributed by atoms with Crippen LogP contribution in [0.25, 0.3) is 0 Å². The molecule has 0 spiro atoms. The highest BCUT2D eigenvalue weighted by molar-refractivity contribution is 5.45. The Hall–Kier alpha value is -2.14. The lowest BCUT2D eigenvalue weighted by Gasteiger charge is -2.22. The number of rotatable bonds is 6. The molecule has 0 bridgehead atoms. The molecule has 2 aromatic rings. The van der Waals surface area contributed by atoms with Gasteiger partial charge >= 0.3 is 0 Å². The fourth-order valence-corrected chi connectivity index (χ4v) is 2.32. The van der Waals surface area contributed by atoms with Gasteiger partial charge in [0.25, 0.3) is 0 Å². The number of hydrogen-bond donors (Lipinski definition) is 1. The van der Waals surface area contributed by atoms with E-state index in [0.29, 0.717) is 11.5 Å². The first kappa shape index (κ1) is 15.3. The summed E-state index contributed by atoms with van der Waals surface area (Å²) in [6, 6.07) is 6.11. The number of hydrogen-bond acceptors (Lipinski definition) is 4. The van der Waals surface area contributed by atoms with Gasteiger partial charge in [-0.05, 0) is 30.8 Å². The number of pyridine rings is 1. The van der Waals surface area contributed by atoms with E-state index in [1.54, 1.807) is 32.7 Å². The minimum Gasteiger partial charge on any atom is -0.496 e. The number of methoxy groups -OCH3 is 2. The normalized spacial score (nSPS) is 12.0. The molecule has 1 N–H and O–H groups in total. The molecular formula is C16H19FN2O2. The second-order valence-electron chi connectivity index (χ2n) is 4.49. The van der Waals surface area contributed by atoms with E-state index in [1.807, 2.05) is 13.0 Å². The summed E-state index contributed by atoms with van der Waals surface area (Å²) in [5, 5.41) is 3.34. The van der Waals surface area contributed by atoms with Crippen LogP contribution < -0.4 is 14.8 Å². The third-order valence-electron chi connectivity index (χ3n) is 3.26. The Bertz CT molecular complexity index is 605. The maximum Gasteiger partial charge on any atom is 0.142 e. The van der Waals surface area contributed by atoms with Gasteiger partial charge in [0.15, 0.2) is 0 Å². The molecule has 1 heterocycles. The minimum absolute atomic E-state index is 0.237. The second kappa shape index (κ2) is 7.04. The van der Waals surface area contributed by atoms with Crippen molar-refractivity contribution in [3.05, 3.63) is 53.6 Å². The average Bonchev–Trinajstić information content (AvgIpc) is 2.52. The van der Waals surface area contributed by atoms with E-state index in [4.69, 9.17) is 9.47 Å². The van der Waals surface area contributed by atoms with Gasteiger partial charge in [0.1, 0.15) is 17.3 Å². The first-order valence-corrected chi connectivity index (χ1v) is 6.76. The fraction of sp³-hybridized carbons (Fsp3) is 0.312. The van der Waals surface area contributed by atoms with Crippen LogP contribution in [0, 0.1) is 5.82 Å². The van der Waals surface area contributed by atoms with Crippen LogP contribution in [0.3, 0.4) is 0 Å². The average molecular weight is 290 g/mol. The predicted molar refractivity (Wildman–Crippen MR) is 79.3 cm³/mol. The molecule has 21 heavy (non-hydrogen) atoms. The molecule has 2 rings (SSSR count). The summed E-state index contributed by atoms with van der Waals surface area (Å²) < 4.78 is 24.4. The molecule has 0 amide bonds. The summed E-state index contributed by atoms with van der Waals surface area (Å²) >= 11 is 0. The van der Waals surface area contributed by atoms with Crippen LogP contribution in [-0.2, 0) is 0 Å². The third kappa shape index (κ3) is 3.31. The van der Waals surface area contributed by atoms with E-state index in [-0.39, 0.29) is 11.9 Å². The van der Waals surface area contributed by atoms with Crippen molar-refractivity contribution in [1.82, 2.24) is 10.3 Å². The molecule has 0 aliphatic rings. The zero-order valence-electron chi connectivity index (χ0n) is 12.4. The standard InChI is InChI=1S/C16H19FN2O2/c1-4-19-16(12-7-8-18-10-15(12)21-3)13-9-11(17)5-6-14(13)20-2/h5-10,16,19H,4H2,1-3H3. The fourth-order valence-electron chi connectivity index (χ4n) is 2.32. The summed E-state index contributed by atoms with van der Waals surface area (Å²) in [5.74, 6) is 0.970. The lowest BCUT2D eigenvalue weighted by molar-refractivity contribution is 0.392. The van der Waals surface area contributed by atoms with Crippen LogP contribution in [0.15, 0.2) is 36.7 Å². The molecule has 0 fully saturated rings. The SMILES string of the molecule is CCNC(c1ccncc1OC)c1cc(F)ccc1OC. The van der Waals surface area contributed by atoms with Crippen LogP contribution in [0.2, 0.25) is 0 Å². The first-order valence-electron chi connectivity index (χ1n) is 6.76. The van der Waals surface area contributed by atoms with Crippen molar-refractivity contribution in [3.8, 4) is 11.5 Å². The van der Waals surface area contributed by atoms with Crippen molar-refractivity contribution in [2.24, 2.45) is 0 Å². The largest absolute Gasteiger partial charge is 0.496 e. The molecule has 0 saturated heterocycles. The predicted octanol–water partition coefficient (Wildman–Crippen LogP) is 2.94. The van der Waals surface area contributed by atoms with E-state index in [9.17, 15) is 4.39 Å². The summed E-state index contributed by atoms with van der Waals surface area (Å²) in [6.45, 7) is 2.71. The highest BCUT2D eigenvalue weighted by atomic mass is 19.1. The number of halogens is 1. The number of ether oxygens (including phenoxy) is 2. The van der Waals surface area contributed by atoms with E-state index in [0.717, 1.165) is 17.7 Å². The zero-order valence-corrected chi connectivity index (χ0v) is 12.4. The maximum absolute atomic E-state index is 13.7. The summed E-state index contributed by atoms with van der Waals surface area (Å²) in [7, 11) is 3.16. The number of nitrogens with one attached hydrogen (secondary N) is 1. The maximum atomic E-state index is 13.7. The van der Waals surface area contributed by atoms with Gasteiger partial charge in [0, 0.05) is 17.3 Å². The Morgan fingerprint density at radius 2 is 1.90 bits per heavy atom. The summed E-state index contributed by atoms with van der Waals surface area (Å²) in [5.41, 5.74) is 1.61. The number of aromatic nitrogens is 1. The Kier molecular flexibility index (Phi) is 5.11. The number of benzene rings is 1. The highest BCUT2D eigenvalue weighted by Crippen LogP contribution is 2.34. The van der Waals surface area contributed by atoms with Crippen molar-refractivity contribution in [1.29, 1.82) is 0 Å². The third-order valence-corrected chi connectivity index (χ3v) is 3.26. The Morgan fingerprint density at radius 1 is 1.14 bits per heavy atom. The summed E-state index contributed by atoms with van der Waals surface area (Å²) in [6.07, 6.45) is 3.33. The van der Waals surface area contributed by atoms with Crippen LogP contribution in [-0.4, -0.2) is 25.7 Å². The zero-order chi connectivity index (χ0) is 15.2. The van der Waals surface area contributed by atoms with Gasteiger partial charge in [-0.1, -0.05) is 6.92 Å². The quantitative estimate of drug-likeness (QED) is 0.888. The topological polar surface area (TPSA) is 43.4 Å². The molecular weight excluding hydrogens is 271 g/mol. The lowest BCUT2D eigenvalue weighted by atomic mass is 9.97. The molecule has 4 nitrogen and oxygen atoms in total. The molecule has 0 aliphatic carbocycles. The van der Waals surface area contributed by atoms with Gasteiger partial charge in [-0.25, -0.2) is 4.39 Å². The Labute approximate surface area is 123 Å². The van der Waals surface area contributed by atoms with Gasteiger partial charge in [0.2, 0.25) is 0 Å². The van der Waals surface area contributed by atoms with Crippen molar-refractivity contribution >= 4 is 0 Å². The molecule has 0 radical (unpaired) electrons. The van der Waals surface area contributed by atoms with Crippen molar-refractivity contribution in [2.75, 3.05) is 20.8 Å². The minimum atomic E-state index is -0.304.